The van der Waals surface area contributed by atoms with Crippen LogP contribution in [0.15, 0.2) is 21.0 Å². The van der Waals surface area contributed by atoms with Gasteiger partial charge in [0.1, 0.15) is 11.5 Å². The van der Waals surface area contributed by atoms with Gasteiger partial charge in [-0.2, -0.15) is 0 Å². The lowest BCUT2D eigenvalue weighted by Crippen LogP contribution is -2.02. The molecule has 0 unspecified atom stereocenters. The van der Waals surface area contributed by atoms with E-state index < -0.39 is 17.8 Å². The number of ether oxygens (including phenoxy) is 2. The monoisotopic (exact) mass is 408 g/mol. The van der Waals surface area contributed by atoms with Gasteiger partial charge >= 0.3 is 11.9 Å². The van der Waals surface area contributed by atoms with E-state index in [1.807, 2.05) is 0 Å². The van der Waals surface area contributed by atoms with Crippen molar-refractivity contribution in [3.05, 3.63) is 46.1 Å². The number of nitrogens with zero attached hydrogens (tertiary/aromatic N) is 2. The number of halogens is 2. The van der Waals surface area contributed by atoms with Crippen molar-refractivity contribution >= 4 is 23.5 Å². The van der Waals surface area contributed by atoms with Crippen LogP contribution in [0.4, 0.5) is 4.39 Å². The molecule has 0 saturated heterocycles. The fraction of sp³-hybridized carbons (Fsp3) is 0.222. The number of aryl methyl sites for hydroxylation is 2. The van der Waals surface area contributed by atoms with Crippen LogP contribution in [0.3, 0.4) is 0 Å². The smallest absolute Gasteiger partial charge is 0.376 e. The molecule has 28 heavy (non-hydrogen) atoms. The molecule has 0 radical (unpaired) electrons. The molecule has 2 aromatic heterocycles. The highest BCUT2D eigenvalue weighted by Crippen LogP contribution is 2.37. The molecule has 3 aromatic rings. The number of oxazole rings is 2. The highest BCUT2D eigenvalue weighted by atomic mass is 35.5. The number of rotatable bonds is 4. The molecule has 0 spiro atoms. The van der Waals surface area contributed by atoms with Crippen LogP contribution in [0.25, 0.3) is 22.7 Å². The van der Waals surface area contributed by atoms with Gasteiger partial charge in [0.25, 0.3) is 0 Å². The van der Waals surface area contributed by atoms with Crippen LogP contribution in [0.5, 0.6) is 0 Å². The van der Waals surface area contributed by atoms with E-state index in [2.05, 4.69) is 19.4 Å². The van der Waals surface area contributed by atoms with E-state index in [0.717, 1.165) is 6.07 Å². The predicted molar refractivity (Wildman–Crippen MR) is 94.6 cm³/mol. The minimum absolute atomic E-state index is 0.0189. The summed E-state index contributed by atoms with van der Waals surface area (Å²) in [4.78, 5) is 32.2. The van der Waals surface area contributed by atoms with E-state index in [-0.39, 0.29) is 50.8 Å². The molecular formula is C18H14ClFN2O6. The molecule has 0 amide bonds. The Kier molecular flexibility index (Phi) is 5.19. The maximum Gasteiger partial charge on any atom is 0.376 e. The highest BCUT2D eigenvalue weighted by Gasteiger charge is 2.27. The molecule has 0 saturated carbocycles. The third kappa shape index (κ3) is 3.36. The molecule has 0 atom stereocenters. The maximum absolute atomic E-state index is 14.2. The van der Waals surface area contributed by atoms with Gasteiger partial charge in [-0.15, -0.1) is 0 Å². The molecule has 0 aliphatic rings. The summed E-state index contributed by atoms with van der Waals surface area (Å²) in [5, 5.41) is -0.214. The summed E-state index contributed by atoms with van der Waals surface area (Å²) in [5.41, 5.74) is 0.600. The Hall–Kier alpha value is -3.20. The topological polar surface area (TPSA) is 105 Å². The second kappa shape index (κ2) is 7.43. The Morgan fingerprint density at radius 3 is 2.29 bits per heavy atom. The summed E-state index contributed by atoms with van der Waals surface area (Å²) in [7, 11) is 2.37. The second-order valence-corrected chi connectivity index (χ2v) is 6.05. The molecule has 0 N–H and O–H groups in total. The molecule has 0 bridgehead atoms. The summed E-state index contributed by atoms with van der Waals surface area (Å²) in [5.74, 6) is -2.49. The van der Waals surface area contributed by atoms with Gasteiger partial charge in [-0.25, -0.2) is 23.9 Å². The molecule has 1 aromatic carbocycles. The first-order chi connectivity index (χ1) is 13.3. The highest BCUT2D eigenvalue weighted by molar-refractivity contribution is 6.31. The molecule has 3 rings (SSSR count). The number of benzene rings is 1. The van der Waals surface area contributed by atoms with Crippen molar-refractivity contribution in [1.29, 1.82) is 0 Å². The zero-order chi connectivity index (χ0) is 20.6. The van der Waals surface area contributed by atoms with Crippen LogP contribution in [0.1, 0.15) is 32.7 Å². The van der Waals surface area contributed by atoms with Crippen LogP contribution in [0, 0.1) is 19.7 Å². The Morgan fingerprint density at radius 1 is 1.00 bits per heavy atom. The van der Waals surface area contributed by atoms with Crippen molar-refractivity contribution in [2.45, 2.75) is 13.8 Å². The van der Waals surface area contributed by atoms with Gasteiger partial charge in [-0.3, -0.25) is 0 Å². The Balaban J connectivity index is 2.27. The zero-order valence-corrected chi connectivity index (χ0v) is 16.0. The van der Waals surface area contributed by atoms with Crippen LogP contribution in [0.2, 0.25) is 5.02 Å². The first-order valence-corrected chi connectivity index (χ1v) is 8.25. The molecular weight excluding hydrogens is 395 g/mol. The lowest BCUT2D eigenvalue weighted by atomic mass is 10.0. The zero-order valence-electron chi connectivity index (χ0n) is 15.3. The van der Waals surface area contributed by atoms with Crippen molar-refractivity contribution in [3.8, 4) is 22.7 Å². The van der Waals surface area contributed by atoms with Gasteiger partial charge in [-0.05, 0) is 19.1 Å². The van der Waals surface area contributed by atoms with Gasteiger partial charge in [0.2, 0.25) is 17.4 Å². The molecule has 146 valence electrons. The van der Waals surface area contributed by atoms with Crippen LogP contribution >= 0.6 is 11.6 Å². The molecule has 8 nitrogen and oxygen atoms in total. The van der Waals surface area contributed by atoms with Gasteiger partial charge in [0.05, 0.1) is 24.9 Å². The second-order valence-electron chi connectivity index (χ2n) is 5.64. The lowest BCUT2D eigenvalue weighted by Gasteiger charge is -2.07. The maximum atomic E-state index is 14.2. The minimum Gasteiger partial charge on any atom is -0.463 e. The van der Waals surface area contributed by atoms with E-state index in [0.29, 0.717) is 0 Å². The SMILES string of the molecule is COC(=O)c1oc(-c2cc(Cl)c(F)cc2-c2nc(C)oc2C(=O)OC)nc1C. The number of hydrogen-bond donors (Lipinski definition) is 0. The molecule has 0 aliphatic carbocycles. The predicted octanol–water partition coefficient (Wildman–Crippen LogP) is 3.98. The first-order valence-electron chi connectivity index (χ1n) is 7.88. The van der Waals surface area contributed by atoms with E-state index in [1.165, 1.54) is 27.2 Å². The van der Waals surface area contributed by atoms with Crippen molar-refractivity contribution in [2.75, 3.05) is 14.2 Å². The normalized spacial score (nSPS) is 10.8. The number of aromatic nitrogens is 2. The van der Waals surface area contributed by atoms with Gasteiger partial charge in [0.15, 0.2) is 5.89 Å². The quantitative estimate of drug-likeness (QED) is 0.597. The van der Waals surface area contributed by atoms with Gasteiger partial charge in [-0.1, -0.05) is 11.6 Å². The van der Waals surface area contributed by atoms with Gasteiger partial charge in [0, 0.05) is 18.1 Å². The van der Waals surface area contributed by atoms with E-state index >= 15 is 0 Å². The average molecular weight is 409 g/mol. The fourth-order valence-corrected chi connectivity index (χ4v) is 2.72. The Bertz CT molecular complexity index is 1090. The lowest BCUT2D eigenvalue weighted by molar-refractivity contribution is 0.0557. The average Bonchev–Trinajstić information content (AvgIpc) is 3.25. The van der Waals surface area contributed by atoms with Crippen molar-refractivity contribution < 1.29 is 32.3 Å². The Morgan fingerprint density at radius 2 is 1.64 bits per heavy atom. The van der Waals surface area contributed by atoms with Crippen molar-refractivity contribution in [1.82, 2.24) is 9.97 Å². The largest absolute Gasteiger partial charge is 0.463 e. The third-order valence-corrected chi connectivity index (χ3v) is 4.11. The summed E-state index contributed by atoms with van der Waals surface area (Å²) in [6.07, 6.45) is 0. The minimum atomic E-state index is -0.796. The summed E-state index contributed by atoms with van der Waals surface area (Å²) in [6, 6.07) is 2.32. The van der Waals surface area contributed by atoms with Crippen molar-refractivity contribution in [2.24, 2.45) is 0 Å². The first kappa shape index (κ1) is 19.6. The standard InChI is InChI=1S/C18H14ClFN2O6/c1-7-14(17(23)25-3)28-16(21-7)10-5-11(19)12(20)6-9(10)13-15(18(24)26-4)27-8(2)22-13/h5-6H,1-4H3. The number of esters is 2. The van der Waals surface area contributed by atoms with Crippen molar-refractivity contribution in [3.63, 3.8) is 0 Å². The number of carbonyl (C=O) groups is 2. The summed E-state index contributed by atoms with van der Waals surface area (Å²) in [6.45, 7) is 3.07. The van der Waals surface area contributed by atoms with Crippen LogP contribution < -0.4 is 0 Å². The number of carbonyl (C=O) groups excluding carboxylic acids is 2. The van der Waals surface area contributed by atoms with Crippen LogP contribution in [-0.4, -0.2) is 36.1 Å². The number of hydrogen-bond acceptors (Lipinski definition) is 8. The summed E-state index contributed by atoms with van der Waals surface area (Å²) >= 11 is 5.92. The third-order valence-electron chi connectivity index (χ3n) is 3.82. The molecule has 10 heteroatoms. The molecule has 0 fully saturated rings. The number of methoxy groups -OCH3 is 2. The van der Waals surface area contributed by atoms with E-state index in [9.17, 15) is 14.0 Å². The molecule has 0 aliphatic heterocycles. The van der Waals surface area contributed by atoms with E-state index in [1.54, 1.807) is 6.92 Å². The fourth-order valence-electron chi connectivity index (χ4n) is 2.55. The van der Waals surface area contributed by atoms with E-state index in [4.69, 9.17) is 20.4 Å². The van der Waals surface area contributed by atoms with Crippen LogP contribution in [-0.2, 0) is 9.47 Å². The van der Waals surface area contributed by atoms with Gasteiger partial charge < -0.3 is 18.3 Å². The Labute approximate surface area is 163 Å². The molecule has 2 heterocycles. The summed E-state index contributed by atoms with van der Waals surface area (Å²) < 4.78 is 34.4.